The number of Topliss-reactive ketones (excluding diaryl/α,β-unsaturated/α-hetero) is 1. The number of carbonyl (C=O) groups excluding carboxylic acids is 1. The van der Waals surface area contributed by atoms with Crippen molar-refractivity contribution in [1.82, 2.24) is 0 Å². The van der Waals surface area contributed by atoms with Gasteiger partial charge >= 0.3 is 0 Å². The molecule has 1 nitrogen and oxygen atoms in total. The van der Waals surface area contributed by atoms with Gasteiger partial charge in [0.25, 0.3) is 0 Å². The summed E-state index contributed by atoms with van der Waals surface area (Å²) in [4.78, 5) is 11.5. The normalized spacial score (nSPS) is 10.7. The average molecular weight is 247 g/mol. The van der Waals surface area contributed by atoms with Gasteiger partial charge in [0.1, 0.15) is 0 Å². The van der Waals surface area contributed by atoms with Crippen LogP contribution in [0.4, 0.5) is 0 Å². The van der Waals surface area contributed by atoms with E-state index in [0.29, 0.717) is 12.3 Å². The van der Waals surface area contributed by atoms with E-state index in [1.54, 1.807) is 11.3 Å². The molecule has 1 aromatic rings. The molecule has 0 spiro atoms. The Morgan fingerprint density at radius 3 is 2.75 bits per heavy atom. The molecule has 1 aromatic heterocycles. The fourth-order valence-electron chi connectivity index (χ4n) is 0.945. The van der Waals surface area contributed by atoms with Crippen LogP contribution in [0.25, 0.3) is 0 Å². The Morgan fingerprint density at radius 2 is 2.33 bits per heavy atom. The van der Waals surface area contributed by atoms with Gasteiger partial charge in [-0.2, -0.15) is 0 Å². The van der Waals surface area contributed by atoms with Crippen LogP contribution in [0.3, 0.4) is 0 Å². The largest absolute Gasteiger partial charge is 0.294 e. The Bertz CT molecular complexity index is 278. The minimum absolute atomic E-state index is 0.243. The van der Waals surface area contributed by atoms with Crippen LogP contribution in [-0.2, 0) is 0 Å². The zero-order valence-corrected chi connectivity index (χ0v) is 9.54. The maximum atomic E-state index is 11.5. The van der Waals surface area contributed by atoms with E-state index < -0.39 is 0 Å². The van der Waals surface area contributed by atoms with Crippen LogP contribution in [0, 0.1) is 5.92 Å². The van der Waals surface area contributed by atoms with Gasteiger partial charge in [-0.05, 0) is 27.9 Å². The van der Waals surface area contributed by atoms with Crippen LogP contribution in [-0.4, -0.2) is 5.78 Å². The van der Waals surface area contributed by atoms with E-state index in [9.17, 15) is 4.79 Å². The van der Waals surface area contributed by atoms with Crippen molar-refractivity contribution < 1.29 is 4.79 Å². The number of hydrogen-bond donors (Lipinski definition) is 0. The van der Waals surface area contributed by atoms with E-state index in [4.69, 9.17) is 0 Å². The fourth-order valence-corrected chi connectivity index (χ4v) is 2.11. The first-order valence-corrected chi connectivity index (χ1v) is 5.54. The van der Waals surface area contributed by atoms with E-state index in [0.717, 1.165) is 9.35 Å². The summed E-state index contributed by atoms with van der Waals surface area (Å²) in [5.74, 6) is 0.683. The summed E-state index contributed by atoms with van der Waals surface area (Å²) in [5, 5.41) is 1.90. The highest BCUT2D eigenvalue weighted by Gasteiger charge is 2.09. The van der Waals surface area contributed by atoms with Crippen molar-refractivity contribution in [3.63, 3.8) is 0 Å². The first-order chi connectivity index (χ1) is 5.59. The number of thiophene rings is 1. The first-order valence-electron chi connectivity index (χ1n) is 3.87. The van der Waals surface area contributed by atoms with E-state index in [-0.39, 0.29) is 5.78 Å². The molecule has 0 fully saturated rings. The predicted octanol–water partition coefficient (Wildman–Crippen LogP) is 3.74. The molecule has 0 aromatic carbocycles. The second kappa shape index (κ2) is 4.19. The van der Waals surface area contributed by atoms with Crippen LogP contribution < -0.4 is 0 Å². The topological polar surface area (TPSA) is 17.1 Å². The molecule has 12 heavy (non-hydrogen) atoms. The zero-order valence-electron chi connectivity index (χ0n) is 7.13. The highest BCUT2D eigenvalue weighted by atomic mass is 79.9. The smallest absolute Gasteiger partial charge is 0.164 e. The SMILES string of the molecule is CC(C)CC(=O)c1csc(Br)c1. The summed E-state index contributed by atoms with van der Waals surface area (Å²) in [7, 11) is 0. The maximum Gasteiger partial charge on any atom is 0.164 e. The van der Waals surface area contributed by atoms with Crippen molar-refractivity contribution in [2.45, 2.75) is 20.3 Å². The summed E-state index contributed by atoms with van der Waals surface area (Å²) in [5.41, 5.74) is 0.834. The van der Waals surface area contributed by atoms with Crippen molar-refractivity contribution in [3.8, 4) is 0 Å². The number of rotatable bonds is 3. The molecule has 66 valence electrons. The number of ketones is 1. The molecule has 0 aliphatic heterocycles. The molecule has 0 unspecified atom stereocenters. The molecule has 0 bridgehead atoms. The molecule has 3 heteroatoms. The Balaban J connectivity index is 2.65. The predicted molar refractivity (Wildman–Crippen MR) is 55.8 cm³/mol. The van der Waals surface area contributed by atoms with Gasteiger partial charge in [0.2, 0.25) is 0 Å². The number of halogens is 1. The van der Waals surface area contributed by atoms with Gasteiger partial charge in [-0.1, -0.05) is 13.8 Å². The minimum atomic E-state index is 0.243. The first kappa shape index (κ1) is 9.93. The Morgan fingerprint density at radius 1 is 1.67 bits per heavy atom. The summed E-state index contributed by atoms with van der Waals surface area (Å²) in [6.07, 6.45) is 0.642. The van der Waals surface area contributed by atoms with Gasteiger partial charge in [-0.25, -0.2) is 0 Å². The summed E-state index contributed by atoms with van der Waals surface area (Å²) in [6, 6.07) is 1.88. The lowest BCUT2D eigenvalue weighted by Crippen LogP contribution is -2.01. The molecule has 0 N–H and O–H groups in total. The molecule has 1 rings (SSSR count). The van der Waals surface area contributed by atoms with Crippen molar-refractivity contribution in [2.24, 2.45) is 5.92 Å². The molecule has 1 heterocycles. The van der Waals surface area contributed by atoms with Crippen molar-refractivity contribution in [1.29, 1.82) is 0 Å². The standard InChI is InChI=1S/C9H11BrOS/c1-6(2)3-8(11)7-4-9(10)12-5-7/h4-6H,3H2,1-2H3. The fraction of sp³-hybridized carbons (Fsp3) is 0.444. The molecule has 0 saturated heterocycles. The van der Waals surface area contributed by atoms with Gasteiger partial charge < -0.3 is 0 Å². The van der Waals surface area contributed by atoms with Crippen LogP contribution in [0.15, 0.2) is 15.2 Å². The third-order valence-corrected chi connectivity index (χ3v) is 2.99. The number of carbonyl (C=O) groups is 1. The third-order valence-electron chi connectivity index (χ3n) is 1.48. The highest BCUT2D eigenvalue weighted by Crippen LogP contribution is 2.22. The van der Waals surface area contributed by atoms with E-state index in [1.807, 2.05) is 11.4 Å². The molecular weight excluding hydrogens is 236 g/mol. The summed E-state index contributed by atoms with van der Waals surface area (Å²) < 4.78 is 1.02. The minimum Gasteiger partial charge on any atom is -0.294 e. The van der Waals surface area contributed by atoms with Gasteiger partial charge in [0, 0.05) is 17.4 Å². The quantitative estimate of drug-likeness (QED) is 0.743. The van der Waals surface area contributed by atoms with Crippen LogP contribution in [0.2, 0.25) is 0 Å². The lowest BCUT2D eigenvalue weighted by molar-refractivity contribution is 0.0968. The van der Waals surface area contributed by atoms with Gasteiger partial charge in [-0.15, -0.1) is 11.3 Å². The van der Waals surface area contributed by atoms with Gasteiger partial charge in [-0.3, -0.25) is 4.79 Å². The lowest BCUT2D eigenvalue weighted by Gasteiger charge is -2.00. The van der Waals surface area contributed by atoms with Crippen LogP contribution in [0.5, 0.6) is 0 Å². The Hall–Kier alpha value is -0.150. The third kappa shape index (κ3) is 2.72. The highest BCUT2D eigenvalue weighted by molar-refractivity contribution is 9.11. The molecule has 0 aliphatic carbocycles. The van der Waals surface area contributed by atoms with Crippen LogP contribution >= 0.6 is 27.3 Å². The zero-order chi connectivity index (χ0) is 9.14. The molecule has 0 saturated carbocycles. The lowest BCUT2D eigenvalue weighted by atomic mass is 10.0. The summed E-state index contributed by atoms with van der Waals surface area (Å²) in [6.45, 7) is 4.11. The molecule has 0 aliphatic rings. The Kier molecular flexibility index (Phi) is 3.47. The van der Waals surface area contributed by atoms with Crippen molar-refractivity contribution >= 4 is 33.0 Å². The average Bonchev–Trinajstić information content (AvgIpc) is 2.34. The van der Waals surface area contributed by atoms with Crippen LogP contribution in [0.1, 0.15) is 30.6 Å². The van der Waals surface area contributed by atoms with Gasteiger partial charge in [0.15, 0.2) is 5.78 Å². The van der Waals surface area contributed by atoms with E-state index in [2.05, 4.69) is 29.8 Å². The molecule has 0 atom stereocenters. The Labute approximate surface area is 84.9 Å². The molecular formula is C9H11BrOS. The molecule has 0 radical (unpaired) electrons. The second-order valence-electron chi connectivity index (χ2n) is 3.16. The van der Waals surface area contributed by atoms with Crippen molar-refractivity contribution in [3.05, 3.63) is 20.8 Å². The van der Waals surface area contributed by atoms with Gasteiger partial charge in [0.05, 0.1) is 3.79 Å². The summed E-state index contributed by atoms with van der Waals surface area (Å²) >= 11 is 4.89. The maximum absolute atomic E-state index is 11.5. The molecule has 0 amide bonds. The monoisotopic (exact) mass is 246 g/mol. The van der Waals surface area contributed by atoms with Crippen molar-refractivity contribution in [2.75, 3.05) is 0 Å². The van der Waals surface area contributed by atoms with E-state index >= 15 is 0 Å². The van der Waals surface area contributed by atoms with E-state index in [1.165, 1.54) is 0 Å². The number of hydrogen-bond acceptors (Lipinski definition) is 2. The second-order valence-corrected chi connectivity index (χ2v) is 5.45.